The van der Waals surface area contributed by atoms with Crippen LogP contribution in [-0.4, -0.2) is 20.5 Å². The van der Waals surface area contributed by atoms with Crippen LogP contribution >= 0.6 is 15.9 Å². The Hall–Kier alpha value is -1.10. The Balaban J connectivity index is 3.46. The third-order valence-corrected chi connectivity index (χ3v) is 2.42. The fourth-order valence-corrected chi connectivity index (χ4v) is 1.83. The van der Waals surface area contributed by atoms with E-state index in [1.54, 1.807) is 0 Å². The van der Waals surface area contributed by atoms with E-state index in [9.17, 15) is 9.18 Å². The number of hydrogen-bond donors (Lipinski definition) is 0. The van der Waals surface area contributed by atoms with Gasteiger partial charge in [0.05, 0.1) is 19.8 Å². The first-order chi connectivity index (χ1) is 6.65. The number of hydrogen-bond acceptors (Lipinski definition) is 3. The van der Waals surface area contributed by atoms with Crippen LogP contribution in [0.15, 0.2) is 10.5 Å². The van der Waals surface area contributed by atoms with Gasteiger partial charge in [-0.25, -0.2) is 4.39 Å². The van der Waals surface area contributed by atoms with Crippen molar-refractivity contribution in [1.29, 1.82) is 0 Å². The van der Waals surface area contributed by atoms with Crippen molar-refractivity contribution in [3.63, 3.8) is 0 Å². The van der Waals surface area contributed by atoms with E-state index in [0.717, 1.165) is 6.07 Å². The van der Waals surface area contributed by atoms with Crippen molar-refractivity contribution in [2.45, 2.75) is 0 Å². The molecule has 0 aliphatic carbocycles. The maximum Gasteiger partial charge on any atom is 0.172 e. The van der Waals surface area contributed by atoms with Crippen molar-refractivity contribution in [3.05, 3.63) is 21.9 Å². The van der Waals surface area contributed by atoms with Crippen LogP contribution in [0.3, 0.4) is 0 Å². The lowest BCUT2D eigenvalue weighted by molar-refractivity contribution is 0.112. The van der Waals surface area contributed by atoms with Gasteiger partial charge < -0.3 is 9.47 Å². The Kier molecular flexibility index (Phi) is 3.46. The maximum absolute atomic E-state index is 13.2. The minimum Gasteiger partial charge on any atom is -0.495 e. The molecule has 0 aromatic heterocycles. The lowest BCUT2D eigenvalue weighted by atomic mass is 10.2. The van der Waals surface area contributed by atoms with E-state index >= 15 is 0 Å². The number of benzene rings is 1. The SMILES string of the molecule is COc1c(F)cc(C=O)c(OC)c1Br. The van der Waals surface area contributed by atoms with Crippen LogP contribution < -0.4 is 9.47 Å². The Labute approximate surface area is 88.9 Å². The van der Waals surface area contributed by atoms with E-state index in [1.165, 1.54) is 14.2 Å². The van der Waals surface area contributed by atoms with E-state index in [-0.39, 0.29) is 17.1 Å². The molecule has 5 heteroatoms. The van der Waals surface area contributed by atoms with Gasteiger partial charge in [-0.3, -0.25) is 4.79 Å². The highest BCUT2D eigenvalue weighted by Crippen LogP contribution is 2.38. The first-order valence-corrected chi connectivity index (χ1v) is 4.50. The average Bonchev–Trinajstić information content (AvgIpc) is 2.17. The van der Waals surface area contributed by atoms with Gasteiger partial charge in [0.2, 0.25) is 0 Å². The number of carbonyl (C=O) groups excluding carboxylic acids is 1. The quantitative estimate of drug-likeness (QED) is 0.785. The number of aldehydes is 1. The third kappa shape index (κ3) is 1.72. The predicted molar refractivity (Wildman–Crippen MR) is 52.6 cm³/mol. The summed E-state index contributed by atoms with van der Waals surface area (Å²) >= 11 is 3.10. The van der Waals surface area contributed by atoms with E-state index in [0.29, 0.717) is 10.8 Å². The summed E-state index contributed by atoms with van der Waals surface area (Å²) in [6, 6.07) is 1.06. The second kappa shape index (κ2) is 4.41. The van der Waals surface area contributed by atoms with Crippen molar-refractivity contribution in [2.75, 3.05) is 14.2 Å². The van der Waals surface area contributed by atoms with Crippen molar-refractivity contribution in [1.82, 2.24) is 0 Å². The highest BCUT2D eigenvalue weighted by molar-refractivity contribution is 9.10. The van der Waals surface area contributed by atoms with Crippen LogP contribution in [0.1, 0.15) is 10.4 Å². The molecule has 0 aliphatic rings. The Bertz CT molecular complexity index is 366. The van der Waals surface area contributed by atoms with E-state index in [1.807, 2.05) is 0 Å². The molecule has 0 spiro atoms. The molecule has 0 unspecified atom stereocenters. The van der Waals surface area contributed by atoms with E-state index < -0.39 is 5.82 Å². The maximum atomic E-state index is 13.2. The molecule has 76 valence electrons. The van der Waals surface area contributed by atoms with Crippen molar-refractivity contribution in [3.8, 4) is 11.5 Å². The summed E-state index contributed by atoms with van der Waals surface area (Å²) in [7, 11) is 2.73. The largest absolute Gasteiger partial charge is 0.495 e. The molecule has 1 aromatic carbocycles. The molecular weight excluding hydrogens is 255 g/mol. The Morgan fingerprint density at radius 3 is 2.36 bits per heavy atom. The molecule has 0 radical (unpaired) electrons. The molecule has 0 heterocycles. The van der Waals surface area contributed by atoms with Gasteiger partial charge in [-0.15, -0.1) is 0 Å². The Morgan fingerprint density at radius 2 is 1.93 bits per heavy atom. The van der Waals surface area contributed by atoms with Crippen LogP contribution in [0.5, 0.6) is 11.5 Å². The number of rotatable bonds is 3. The molecule has 0 aliphatic heterocycles. The summed E-state index contributed by atoms with van der Waals surface area (Å²) in [4.78, 5) is 10.6. The summed E-state index contributed by atoms with van der Waals surface area (Å²) in [6.07, 6.45) is 0.520. The van der Waals surface area contributed by atoms with Crippen molar-refractivity contribution in [2.24, 2.45) is 0 Å². The van der Waals surface area contributed by atoms with Gasteiger partial charge in [0.25, 0.3) is 0 Å². The summed E-state index contributed by atoms with van der Waals surface area (Å²) in [5, 5.41) is 0. The molecule has 1 aromatic rings. The molecule has 3 nitrogen and oxygen atoms in total. The highest BCUT2D eigenvalue weighted by atomic mass is 79.9. The minimum absolute atomic E-state index is 0.0208. The molecule has 1 rings (SSSR count). The summed E-state index contributed by atoms with van der Waals surface area (Å²) < 4.78 is 23.3. The molecule has 14 heavy (non-hydrogen) atoms. The van der Waals surface area contributed by atoms with E-state index in [4.69, 9.17) is 9.47 Å². The van der Waals surface area contributed by atoms with Crippen LogP contribution in [0.25, 0.3) is 0 Å². The second-order valence-electron chi connectivity index (χ2n) is 2.45. The van der Waals surface area contributed by atoms with Gasteiger partial charge in [0.1, 0.15) is 10.2 Å². The Morgan fingerprint density at radius 1 is 1.36 bits per heavy atom. The van der Waals surface area contributed by atoms with Gasteiger partial charge in [-0.05, 0) is 22.0 Å². The molecule has 0 saturated carbocycles. The summed E-state index contributed by atoms with van der Waals surface area (Å²) in [5.74, 6) is -0.326. The zero-order valence-electron chi connectivity index (χ0n) is 7.64. The molecule has 0 amide bonds. The lowest BCUT2D eigenvalue weighted by Gasteiger charge is -2.10. The number of carbonyl (C=O) groups is 1. The standard InChI is InChI=1S/C9H8BrFO3/c1-13-8-5(4-12)3-6(11)9(14-2)7(8)10/h3-4H,1-2H3. The molecule has 0 saturated heterocycles. The second-order valence-corrected chi connectivity index (χ2v) is 3.24. The topological polar surface area (TPSA) is 35.5 Å². The number of ether oxygens (including phenoxy) is 2. The van der Waals surface area contributed by atoms with Gasteiger partial charge in [0, 0.05) is 0 Å². The number of methoxy groups -OCH3 is 2. The number of halogens is 2. The van der Waals surface area contributed by atoms with Gasteiger partial charge >= 0.3 is 0 Å². The fraction of sp³-hybridized carbons (Fsp3) is 0.222. The minimum atomic E-state index is -0.609. The van der Waals surface area contributed by atoms with Crippen LogP contribution in [-0.2, 0) is 0 Å². The summed E-state index contributed by atoms with van der Waals surface area (Å²) in [6.45, 7) is 0. The first-order valence-electron chi connectivity index (χ1n) is 3.70. The van der Waals surface area contributed by atoms with E-state index in [2.05, 4.69) is 15.9 Å². The zero-order valence-corrected chi connectivity index (χ0v) is 9.22. The molecule has 0 fully saturated rings. The molecular formula is C9H8BrFO3. The normalized spacial score (nSPS) is 9.71. The van der Waals surface area contributed by atoms with Gasteiger partial charge in [-0.1, -0.05) is 0 Å². The third-order valence-electron chi connectivity index (χ3n) is 1.70. The van der Waals surface area contributed by atoms with Crippen LogP contribution in [0, 0.1) is 5.82 Å². The smallest absolute Gasteiger partial charge is 0.172 e. The predicted octanol–water partition coefficient (Wildman–Crippen LogP) is 2.42. The molecule has 0 N–H and O–H groups in total. The van der Waals surface area contributed by atoms with Crippen molar-refractivity contribution >= 4 is 22.2 Å². The molecule has 0 bridgehead atoms. The first kappa shape index (κ1) is 11.0. The highest BCUT2D eigenvalue weighted by Gasteiger charge is 2.17. The van der Waals surface area contributed by atoms with Crippen molar-refractivity contribution < 1.29 is 18.7 Å². The molecule has 0 atom stereocenters. The zero-order chi connectivity index (χ0) is 10.7. The lowest BCUT2D eigenvalue weighted by Crippen LogP contribution is -1.97. The van der Waals surface area contributed by atoms with Crippen LogP contribution in [0.2, 0.25) is 0 Å². The van der Waals surface area contributed by atoms with Crippen LogP contribution in [0.4, 0.5) is 4.39 Å². The average molecular weight is 263 g/mol. The fourth-order valence-electron chi connectivity index (χ4n) is 1.08. The van der Waals surface area contributed by atoms with Gasteiger partial charge in [-0.2, -0.15) is 0 Å². The monoisotopic (exact) mass is 262 g/mol. The van der Waals surface area contributed by atoms with Gasteiger partial charge in [0.15, 0.2) is 17.9 Å². The summed E-state index contributed by atoms with van der Waals surface area (Å²) in [5.41, 5.74) is 0.137.